The van der Waals surface area contributed by atoms with Crippen molar-refractivity contribution in [3.63, 3.8) is 0 Å². The van der Waals surface area contributed by atoms with Gasteiger partial charge >= 0.3 is 12.4 Å². The first-order valence-corrected chi connectivity index (χ1v) is 12.5. The number of rotatable bonds is 6. The lowest BCUT2D eigenvalue weighted by Crippen LogP contribution is -2.37. The van der Waals surface area contributed by atoms with E-state index in [0.29, 0.717) is 19.5 Å². The lowest BCUT2D eigenvalue weighted by atomic mass is 10.0. The minimum atomic E-state index is -5.13. The smallest absolute Gasteiger partial charge is 0.297 e. The molecule has 1 N–H and O–H groups in total. The topological polar surface area (TPSA) is 49.4 Å². The lowest BCUT2D eigenvalue weighted by Gasteiger charge is -2.18. The fourth-order valence-electron chi connectivity index (χ4n) is 4.13. The van der Waals surface area contributed by atoms with Crippen molar-refractivity contribution in [2.45, 2.75) is 36.3 Å². The van der Waals surface area contributed by atoms with Gasteiger partial charge in [0.05, 0.1) is 16.0 Å². The third-order valence-corrected chi connectivity index (χ3v) is 7.43. The second-order valence-corrected chi connectivity index (χ2v) is 10.4. The summed E-state index contributed by atoms with van der Waals surface area (Å²) in [7, 11) is -4.62. The predicted molar refractivity (Wildman–Crippen MR) is 122 cm³/mol. The first kappa shape index (κ1) is 26.2. The van der Waals surface area contributed by atoms with E-state index in [1.54, 1.807) is 0 Å². The van der Waals surface area contributed by atoms with E-state index in [0.717, 1.165) is 16.7 Å². The molecule has 4 nitrogen and oxygen atoms in total. The van der Waals surface area contributed by atoms with Crippen LogP contribution in [0.4, 0.5) is 26.3 Å². The average molecular weight is 529 g/mol. The van der Waals surface area contributed by atoms with Crippen molar-refractivity contribution in [2.24, 2.45) is 0 Å². The van der Waals surface area contributed by atoms with Crippen LogP contribution < -0.4 is 4.72 Å². The predicted octanol–water partition coefficient (Wildman–Crippen LogP) is 5.94. The van der Waals surface area contributed by atoms with Crippen molar-refractivity contribution in [2.75, 3.05) is 13.1 Å². The molecule has 0 spiro atoms. The van der Waals surface area contributed by atoms with Gasteiger partial charge in [-0.2, -0.15) is 26.3 Å². The van der Waals surface area contributed by atoms with Crippen LogP contribution >= 0.6 is 0 Å². The maximum atomic E-state index is 13.1. The van der Waals surface area contributed by atoms with Crippen LogP contribution in [0.3, 0.4) is 0 Å². The SMILES string of the molecule is O=S(=O)(NC1CCN(Cc2ccc(-c3ccccc3)cc2)C1)c1cc(C(F)(F)F)cc(C(F)(F)F)c1. The monoisotopic (exact) mass is 528 g/mol. The fraction of sp³-hybridized carbons (Fsp3) is 0.280. The first-order chi connectivity index (χ1) is 16.8. The van der Waals surface area contributed by atoms with Gasteiger partial charge in [-0.25, -0.2) is 13.1 Å². The van der Waals surface area contributed by atoms with Crippen molar-refractivity contribution >= 4 is 10.0 Å². The highest BCUT2D eigenvalue weighted by Gasteiger charge is 2.39. The summed E-state index contributed by atoms with van der Waals surface area (Å²) in [6, 6.07) is 17.4. The molecule has 1 atom stereocenters. The Balaban J connectivity index is 1.44. The molecular formula is C25H22F6N2O2S. The Morgan fingerprint density at radius 1 is 0.806 bits per heavy atom. The zero-order chi connectivity index (χ0) is 26.1. The summed E-state index contributed by atoms with van der Waals surface area (Å²) in [6.45, 7) is 1.31. The molecule has 0 aromatic heterocycles. The van der Waals surface area contributed by atoms with Gasteiger partial charge in [0.2, 0.25) is 10.0 Å². The van der Waals surface area contributed by atoms with Crippen molar-refractivity contribution < 1.29 is 34.8 Å². The van der Waals surface area contributed by atoms with E-state index in [9.17, 15) is 34.8 Å². The van der Waals surface area contributed by atoms with Crippen LogP contribution in [0.15, 0.2) is 77.7 Å². The molecule has 192 valence electrons. The number of benzene rings is 3. The molecule has 3 aromatic carbocycles. The number of sulfonamides is 1. The second kappa shape index (κ2) is 9.87. The molecule has 1 fully saturated rings. The molecule has 1 heterocycles. The third kappa shape index (κ3) is 6.26. The van der Waals surface area contributed by atoms with Crippen LogP contribution in [-0.4, -0.2) is 32.4 Å². The molecule has 0 bridgehead atoms. The molecule has 1 aliphatic heterocycles. The van der Waals surface area contributed by atoms with Crippen molar-refractivity contribution in [3.8, 4) is 11.1 Å². The zero-order valence-electron chi connectivity index (χ0n) is 18.8. The number of hydrogen-bond acceptors (Lipinski definition) is 3. The van der Waals surface area contributed by atoms with Crippen LogP contribution in [0.2, 0.25) is 0 Å². The van der Waals surface area contributed by atoms with Crippen LogP contribution in [-0.2, 0) is 28.9 Å². The Labute approximate surface area is 204 Å². The summed E-state index contributed by atoms with van der Waals surface area (Å²) in [5.41, 5.74) is -0.242. The number of likely N-dealkylation sites (tertiary alicyclic amines) is 1. The molecule has 1 saturated heterocycles. The maximum Gasteiger partial charge on any atom is 0.416 e. The van der Waals surface area contributed by atoms with E-state index in [4.69, 9.17) is 0 Å². The van der Waals surface area contributed by atoms with Crippen LogP contribution in [0.5, 0.6) is 0 Å². The zero-order valence-corrected chi connectivity index (χ0v) is 19.6. The molecule has 0 aliphatic carbocycles. The number of halogens is 6. The minimum absolute atomic E-state index is 0.0978. The van der Waals surface area contributed by atoms with Crippen LogP contribution in [0.1, 0.15) is 23.1 Å². The van der Waals surface area contributed by atoms with Gasteiger partial charge in [-0.05, 0) is 41.3 Å². The highest BCUT2D eigenvalue weighted by atomic mass is 32.2. The summed E-state index contributed by atoms with van der Waals surface area (Å²) in [5.74, 6) is 0. The summed E-state index contributed by atoms with van der Waals surface area (Å²) in [5, 5.41) is 0. The summed E-state index contributed by atoms with van der Waals surface area (Å²) in [4.78, 5) is 0.900. The van der Waals surface area contributed by atoms with Crippen molar-refractivity contribution in [1.82, 2.24) is 9.62 Å². The van der Waals surface area contributed by atoms with E-state index < -0.39 is 44.4 Å². The summed E-state index contributed by atoms with van der Waals surface area (Å²) < 4.78 is 106. The minimum Gasteiger partial charge on any atom is -0.297 e. The van der Waals surface area contributed by atoms with E-state index in [1.165, 1.54) is 0 Å². The van der Waals surface area contributed by atoms with Gasteiger partial charge in [-0.1, -0.05) is 54.6 Å². The number of alkyl halides is 6. The first-order valence-electron chi connectivity index (χ1n) is 11.0. The summed E-state index contributed by atoms with van der Waals surface area (Å²) in [6.07, 6.45) is -9.90. The highest BCUT2D eigenvalue weighted by molar-refractivity contribution is 7.89. The molecule has 4 rings (SSSR count). The normalized spacial score (nSPS) is 17.4. The molecule has 0 radical (unpaired) electrons. The number of hydrogen-bond donors (Lipinski definition) is 1. The van der Waals surface area contributed by atoms with E-state index >= 15 is 0 Å². The van der Waals surface area contributed by atoms with E-state index in [1.807, 2.05) is 59.5 Å². The molecular weight excluding hydrogens is 506 g/mol. The Morgan fingerprint density at radius 2 is 1.36 bits per heavy atom. The number of nitrogens with zero attached hydrogens (tertiary/aromatic N) is 1. The molecule has 11 heteroatoms. The molecule has 36 heavy (non-hydrogen) atoms. The van der Waals surface area contributed by atoms with E-state index in [-0.39, 0.29) is 24.7 Å². The third-order valence-electron chi connectivity index (χ3n) is 5.93. The molecule has 0 saturated carbocycles. The van der Waals surface area contributed by atoms with Gasteiger partial charge in [0.25, 0.3) is 0 Å². The van der Waals surface area contributed by atoms with Gasteiger partial charge in [0.1, 0.15) is 0 Å². The van der Waals surface area contributed by atoms with Crippen molar-refractivity contribution in [1.29, 1.82) is 0 Å². The van der Waals surface area contributed by atoms with E-state index in [2.05, 4.69) is 4.72 Å². The Morgan fingerprint density at radius 3 is 1.92 bits per heavy atom. The summed E-state index contributed by atoms with van der Waals surface area (Å²) >= 11 is 0. The van der Waals surface area contributed by atoms with Gasteiger partial charge in [-0.3, -0.25) is 4.90 Å². The maximum absolute atomic E-state index is 13.1. The van der Waals surface area contributed by atoms with Gasteiger partial charge in [0, 0.05) is 25.7 Å². The second-order valence-electron chi connectivity index (χ2n) is 8.65. The van der Waals surface area contributed by atoms with Crippen molar-refractivity contribution in [3.05, 3.63) is 89.5 Å². The average Bonchev–Trinajstić information content (AvgIpc) is 3.24. The fourth-order valence-corrected chi connectivity index (χ4v) is 5.46. The quantitative estimate of drug-likeness (QED) is 0.403. The van der Waals surface area contributed by atoms with Gasteiger partial charge in [-0.15, -0.1) is 0 Å². The molecule has 1 unspecified atom stereocenters. The molecule has 3 aromatic rings. The molecule has 0 amide bonds. The Bertz CT molecular complexity index is 1270. The van der Waals surface area contributed by atoms with Crippen LogP contribution in [0, 0.1) is 0 Å². The Kier molecular flexibility index (Phi) is 7.18. The Hall–Kier alpha value is -2.89. The largest absolute Gasteiger partial charge is 0.416 e. The van der Waals surface area contributed by atoms with Crippen LogP contribution in [0.25, 0.3) is 11.1 Å². The standard InChI is InChI=1S/C25H22F6N2O2S/c26-24(27,28)20-12-21(25(29,30)31)14-23(13-20)36(34,35)32-22-10-11-33(16-22)15-17-6-8-19(9-7-17)18-4-2-1-3-5-18/h1-9,12-14,22,32H,10-11,15-16H2. The van der Waals surface area contributed by atoms with Gasteiger partial charge < -0.3 is 0 Å². The van der Waals surface area contributed by atoms with Gasteiger partial charge in [0.15, 0.2) is 0 Å². The number of nitrogens with one attached hydrogen (secondary N) is 1. The lowest BCUT2D eigenvalue weighted by molar-refractivity contribution is -0.143. The highest BCUT2D eigenvalue weighted by Crippen LogP contribution is 2.37. The molecule has 1 aliphatic rings.